The summed E-state index contributed by atoms with van der Waals surface area (Å²) in [6.45, 7) is 3.42. The molecule has 0 saturated heterocycles. The Kier molecular flexibility index (Phi) is 4.38. The molecular weight excluding hydrogens is 250 g/mol. The van der Waals surface area contributed by atoms with E-state index in [0.717, 1.165) is 10.3 Å². The molecule has 74 valence electrons. The zero-order chi connectivity index (χ0) is 9.84. The molecule has 0 fully saturated rings. The molecule has 0 amide bonds. The molecule has 4 heteroatoms. The number of aliphatic hydroxyl groups excluding tert-OH is 1. The summed E-state index contributed by atoms with van der Waals surface area (Å²) in [5.74, 6) is 0. The number of thiophene rings is 1. The summed E-state index contributed by atoms with van der Waals surface area (Å²) in [4.78, 5) is 2.11. The Morgan fingerprint density at radius 2 is 2.38 bits per heavy atom. The first-order valence-corrected chi connectivity index (χ1v) is 5.84. The highest BCUT2D eigenvalue weighted by molar-refractivity contribution is 9.11. The van der Waals surface area contributed by atoms with Crippen molar-refractivity contribution in [1.29, 1.82) is 0 Å². The van der Waals surface area contributed by atoms with Gasteiger partial charge in [-0.15, -0.1) is 11.3 Å². The number of rotatable bonds is 4. The number of halogens is 1. The fourth-order valence-corrected chi connectivity index (χ4v) is 2.46. The van der Waals surface area contributed by atoms with Crippen LogP contribution in [0.5, 0.6) is 0 Å². The Bertz CT molecular complexity index is 262. The van der Waals surface area contributed by atoms with Gasteiger partial charge >= 0.3 is 0 Å². The van der Waals surface area contributed by atoms with E-state index in [1.807, 2.05) is 7.05 Å². The number of hydrogen-bond acceptors (Lipinski definition) is 3. The van der Waals surface area contributed by atoms with E-state index < -0.39 is 0 Å². The maximum atomic E-state index is 9.16. The van der Waals surface area contributed by atoms with Crippen LogP contribution in [0.15, 0.2) is 15.2 Å². The predicted molar refractivity (Wildman–Crippen MR) is 60.0 cm³/mol. The first-order chi connectivity index (χ1) is 6.08. The van der Waals surface area contributed by atoms with Crippen molar-refractivity contribution >= 4 is 27.3 Å². The lowest BCUT2D eigenvalue weighted by molar-refractivity contribution is 0.138. The molecule has 1 heterocycles. The van der Waals surface area contributed by atoms with Crippen LogP contribution in [0.4, 0.5) is 0 Å². The largest absolute Gasteiger partial charge is 0.392 e. The van der Waals surface area contributed by atoms with Gasteiger partial charge in [-0.25, -0.2) is 0 Å². The predicted octanol–water partition coefficient (Wildman–Crippen LogP) is 2.32. The normalized spacial score (nSPS) is 13.6. The summed E-state index contributed by atoms with van der Waals surface area (Å²) in [6, 6.07) is 2.11. The summed E-state index contributed by atoms with van der Waals surface area (Å²) >= 11 is 5.12. The third-order valence-corrected chi connectivity index (χ3v) is 3.20. The molecule has 1 rings (SSSR count). The van der Waals surface area contributed by atoms with E-state index in [1.165, 1.54) is 5.56 Å². The Morgan fingerprint density at radius 1 is 1.69 bits per heavy atom. The molecule has 13 heavy (non-hydrogen) atoms. The van der Waals surface area contributed by atoms with Gasteiger partial charge in [0.05, 0.1) is 9.89 Å². The minimum Gasteiger partial charge on any atom is -0.392 e. The minimum absolute atomic E-state index is 0.257. The van der Waals surface area contributed by atoms with E-state index >= 15 is 0 Å². The lowest BCUT2D eigenvalue weighted by atomic mass is 10.3. The van der Waals surface area contributed by atoms with Crippen LogP contribution in [0.1, 0.15) is 12.5 Å². The van der Waals surface area contributed by atoms with Crippen molar-refractivity contribution in [1.82, 2.24) is 4.90 Å². The van der Waals surface area contributed by atoms with E-state index in [9.17, 15) is 0 Å². The van der Waals surface area contributed by atoms with Gasteiger partial charge in [0, 0.05) is 13.1 Å². The average Bonchev–Trinajstić information content (AvgIpc) is 2.33. The molecule has 0 saturated carbocycles. The lowest BCUT2D eigenvalue weighted by Gasteiger charge is -2.17. The third kappa shape index (κ3) is 4.22. The third-order valence-electron chi connectivity index (χ3n) is 1.65. The quantitative estimate of drug-likeness (QED) is 0.902. The Balaban J connectivity index is 2.40. The molecule has 0 bridgehead atoms. The summed E-state index contributed by atoms with van der Waals surface area (Å²) in [6.07, 6.45) is -0.257. The molecule has 0 spiro atoms. The van der Waals surface area contributed by atoms with Crippen LogP contribution >= 0.6 is 27.3 Å². The lowest BCUT2D eigenvalue weighted by Crippen LogP contribution is -2.26. The van der Waals surface area contributed by atoms with Crippen LogP contribution in [-0.4, -0.2) is 29.7 Å². The Hall–Kier alpha value is 0.100. The van der Waals surface area contributed by atoms with Crippen LogP contribution in [0, 0.1) is 0 Å². The maximum Gasteiger partial charge on any atom is 0.0701 e. The van der Waals surface area contributed by atoms with Gasteiger partial charge in [-0.3, -0.25) is 4.90 Å². The topological polar surface area (TPSA) is 23.5 Å². The summed E-state index contributed by atoms with van der Waals surface area (Å²) in [5, 5.41) is 11.3. The van der Waals surface area contributed by atoms with Crippen LogP contribution in [-0.2, 0) is 6.54 Å². The standard InChI is InChI=1S/C9H14BrNOS/c1-7(12)4-11(2)5-8-3-9(10)13-6-8/h3,6-7,12H,4-5H2,1-2H3. The number of hydrogen-bond donors (Lipinski definition) is 1. The van der Waals surface area contributed by atoms with Crippen LogP contribution in [0.2, 0.25) is 0 Å². The van der Waals surface area contributed by atoms with Crippen LogP contribution < -0.4 is 0 Å². The monoisotopic (exact) mass is 263 g/mol. The average molecular weight is 264 g/mol. The summed E-state index contributed by atoms with van der Waals surface area (Å²) in [5.41, 5.74) is 1.29. The SMILES string of the molecule is CC(O)CN(C)Cc1csc(Br)c1. The second-order valence-electron chi connectivity index (χ2n) is 3.30. The summed E-state index contributed by atoms with van der Waals surface area (Å²) in [7, 11) is 2.01. The van der Waals surface area contributed by atoms with E-state index in [0.29, 0.717) is 6.54 Å². The van der Waals surface area contributed by atoms with Crippen molar-refractivity contribution < 1.29 is 5.11 Å². The van der Waals surface area contributed by atoms with Crippen molar-refractivity contribution in [2.24, 2.45) is 0 Å². The minimum atomic E-state index is -0.257. The molecule has 0 aromatic carbocycles. The van der Waals surface area contributed by atoms with E-state index in [2.05, 4.69) is 32.3 Å². The van der Waals surface area contributed by atoms with Gasteiger partial charge in [-0.05, 0) is 46.9 Å². The van der Waals surface area contributed by atoms with E-state index in [4.69, 9.17) is 5.11 Å². The van der Waals surface area contributed by atoms with Gasteiger partial charge in [0.1, 0.15) is 0 Å². The summed E-state index contributed by atoms with van der Waals surface area (Å²) < 4.78 is 1.16. The molecule has 0 aliphatic rings. The number of nitrogens with zero attached hydrogens (tertiary/aromatic N) is 1. The zero-order valence-corrected chi connectivity index (χ0v) is 10.2. The van der Waals surface area contributed by atoms with Gasteiger partial charge < -0.3 is 5.11 Å². The van der Waals surface area contributed by atoms with Gasteiger partial charge in [0.2, 0.25) is 0 Å². The van der Waals surface area contributed by atoms with Gasteiger partial charge in [0.25, 0.3) is 0 Å². The molecule has 1 aromatic rings. The molecule has 1 atom stereocenters. The van der Waals surface area contributed by atoms with E-state index in [1.54, 1.807) is 18.3 Å². The highest BCUT2D eigenvalue weighted by Crippen LogP contribution is 2.21. The molecule has 1 N–H and O–H groups in total. The van der Waals surface area contributed by atoms with Gasteiger partial charge in [-0.2, -0.15) is 0 Å². The molecular formula is C9H14BrNOS. The molecule has 0 radical (unpaired) electrons. The van der Waals surface area contributed by atoms with Gasteiger partial charge in [-0.1, -0.05) is 0 Å². The zero-order valence-electron chi connectivity index (χ0n) is 7.83. The fraction of sp³-hybridized carbons (Fsp3) is 0.556. The highest BCUT2D eigenvalue weighted by Gasteiger charge is 2.04. The molecule has 2 nitrogen and oxygen atoms in total. The number of aliphatic hydroxyl groups is 1. The first-order valence-electron chi connectivity index (χ1n) is 4.17. The highest BCUT2D eigenvalue weighted by atomic mass is 79.9. The molecule has 0 aliphatic carbocycles. The first kappa shape index (κ1) is 11.2. The van der Waals surface area contributed by atoms with Crippen molar-refractivity contribution in [2.75, 3.05) is 13.6 Å². The Labute approximate surface area is 91.3 Å². The smallest absolute Gasteiger partial charge is 0.0701 e. The van der Waals surface area contributed by atoms with E-state index in [-0.39, 0.29) is 6.10 Å². The van der Waals surface area contributed by atoms with Crippen molar-refractivity contribution in [2.45, 2.75) is 19.6 Å². The molecule has 1 aromatic heterocycles. The Morgan fingerprint density at radius 3 is 2.85 bits per heavy atom. The van der Waals surface area contributed by atoms with Crippen LogP contribution in [0.25, 0.3) is 0 Å². The molecule has 1 unspecified atom stereocenters. The van der Waals surface area contributed by atoms with Crippen LogP contribution in [0.3, 0.4) is 0 Å². The second-order valence-corrected chi connectivity index (χ2v) is 5.60. The maximum absolute atomic E-state index is 9.16. The fourth-order valence-electron chi connectivity index (χ4n) is 1.26. The van der Waals surface area contributed by atoms with Crippen molar-refractivity contribution in [3.05, 3.63) is 20.8 Å². The van der Waals surface area contributed by atoms with Crippen molar-refractivity contribution in [3.8, 4) is 0 Å². The molecule has 0 aliphatic heterocycles. The second kappa shape index (κ2) is 5.10. The number of likely N-dealkylation sites (N-methyl/N-ethyl adjacent to an activating group) is 1. The van der Waals surface area contributed by atoms with Crippen molar-refractivity contribution in [3.63, 3.8) is 0 Å². The van der Waals surface area contributed by atoms with Gasteiger partial charge in [0.15, 0.2) is 0 Å².